The monoisotopic (exact) mass is 474 g/mol. The van der Waals surface area contributed by atoms with E-state index in [-0.39, 0.29) is 11.6 Å². The smallest absolute Gasteiger partial charge is 0.323 e. The summed E-state index contributed by atoms with van der Waals surface area (Å²) >= 11 is 9.41. The van der Waals surface area contributed by atoms with Crippen LogP contribution >= 0.6 is 27.5 Å². The Bertz CT molecular complexity index is 1040. The first kappa shape index (κ1) is 20.6. The number of nitrogens with one attached hydrogen (secondary N) is 3. The minimum atomic E-state index is -0.428. The highest BCUT2D eigenvalue weighted by Crippen LogP contribution is 2.26. The van der Waals surface area contributed by atoms with Gasteiger partial charge in [0.1, 0.15) is 17.2 Å². The summed E-state index contributed by atoms with van der Waals surface area (Å²) in [6.45, 7) is 0. The first-order valence-corrected chi connectivity index (χ1v) is 9.61. The molecule has 7 nitrogen and oxygen atoms in total. The van der Waals surface area contributed by atoms with Gasteiger partial charge in [-0.15, -0.1) is 0 Å². The van der Waals surface area contributed by atoms with Gasteiger partial charge in [0.25, 0.3) is 5.91 Å². The Morgan fingerprint density at radius 1 is 1.00 bits per heavy atom. The third-order valence-electron chi connectivity index (χ3n) is 3.72. The quantitative estimate of drug-likeness (QED) is 0.467. The van der Waals surface area contributed by atoms with Crippen molar-refractivity contribution in [3.63, 3.8) is 0 Å². The van der Waals surface area contributed by atoms with Crippen LogP contribution in [0.4, 0.5) is 16.2 Å². The molecule has 1 heterocycles. The van der Waals surface area contributed by atoms with Crippen LogP contribution in [-0.4, -0.2) is 24.0 Å². The van der Waals surface area contributed by atoms with E-state index >= 15 is 0 Å². The molecular weight excluding hydrogens is 460 g/mol. The molecule has 0 atom stereocenters. The molecule has 2 aromatic carbocycles. The zero-order valence-electron chi connectivity index (χ0n) is 15.2. The van der Waals surface area contributed by atoms with Crippen molar-refractivity contribution in [2.45, 2.75) is 0 Å². The van der Waals surface area contributed by atoms with Crippen molar-refractivity contribution >= 4 is 50.8 Å². The number of ether oxygens (including phenoxy) is 1. The lowest BCUT2D eigenvalue weighted by Crippen LogP contribution is -2.19. The summed E-state index contributed by atoms with van der Waals surface area (Å²) in [4.78, 5) is 27.8. The molecule has 0 aliphatic heterocycles. The maximum absolute atomic E-state index is 12.2. The number of hydrogen-bond acceptors (Lipinski definition) is 4. The van der Waals surface area contributed by atoms with Crippen LogP contribution in [-0.2, 0) is 0 Å². The number of carbonyl (C=O) groups is 2. The summed E-state index contributed by atoms with van der Waals surface area (Å²) in [5, 5.41) is 8.34. The molecule has 29 heavy (non-hydrogen) atoms. The highest BCUT2D eigenvalue weighted by Gasteiger charge is 2.09. The number of halogens is 2. The van der Waals surface area contributed by atoms with E-state index in [4.69, 9.17) is 16.3 Å². The van der Waals surface area contributed by atoms with Gasteiger partial charge in [0.2, 0.25) is 0 Å². The van der Waals surface area contributed by atoms with Crippen LogP contribution in [0.5, 0.6) is 11.5 Å². The minimum Gasteiger partial charge on any atom is -0.457 e. The van der Waals surface area contributed by atoms with Crippen molar-refractivity contribution in [2.75, 3.05) is 17.7 Å². The normalized spacial score (nSPS) is 10.2. The van der Waals surface area contributed by atoms with Crippen molar-refractivity contribution in [2.24, 2.45) is 0 Å². The maximum Gasteiger partial charge on any atom is 0.323 e. The van der Waals surface area contributed by atoms with Gasteiger partial charge in [-0.3, -0.25) is 9.78 Å². The van der Waals surface area contributed by atoms with E-state index < -0.39 is 6.03 Å². The summed E-state index contributed by atoms with van der Waals surface area (Å²) in [6.07, 6.45) is 1.49. The first-order chi connectivity index (χ1) is 13.9. The second-order valence-corrected chi connectivity index (χ2v) is 7.11. The third kappa shape index (κ3) is 5.69. The molecule has 0 bridgehead atoms. The van der Waals surface area contributed by atoms with Crippen molar-refractivity contribution in [1.82, 2.24) is 10.3 Å². The van der Waals surface area contributed by atoms with Crippen molar-refractivity contribution in [3.05, 3.63) is 76.0 Å². The van der Waals surface area contributed by atoms with Crippen LogP contribution in [0.25, 0.3) is 0 Å². The molecule has 148 valence electrons. The number of urea groups is 1. The van der Waals surface area contributed by atoms with E-state index in [0.717, 1.165) is 4.47 Å². The summed E-state index contributed by atoms with van der Waals surface area (Å²) < 4.78 is 6.53. The fourth-order valence-electron chi connectivity index (χ4n) is 2.35. The lowest BCUT2D eigenvalue weighted by atomic mass is 10.3. The molecule has 0 unspecified atom stereocenters. The number of anilines is 2. The molecule has 9 heteroatoms. The van der Waals surface area contributed by atoms with Gasteiger partial charge in [0, 0.05) is 29.5 Å². The minimum absolute atomic E-state index is 0.256. The van der Waals surface area contributed by atoms with Gasteiger partial charge in [-0.05, 0) is 48.5 Å². The molecule has 0 aliphatic rings. The fourth-order valence-corrected chi connectivity index (χ4v) is 2.87. The summed E-state index contributed by atoms with van der Waals surface area (Å²) in [7, 11) is 1.53. The van der Waals surface area contributed by atoms with Crippen LogP contribution in [0, 0.1) is 0 Å². The van der Waals surface area contributed by atoms with E-state index in [1.165, 1.54) is 13.2 Å². The zero-order valence-corrected chi connectivity index (χ0v) is 17.5. The molecule has 0 saturated carbocycles. The number of amides is 3. The molecule has 3 aromatic rings. The second kappa shape index (κ2) is 9.40. The highest BCUT2D eigenvalue weighted by atomic mass is 79.9. The van der Waals surface area contributed by atoms with Crippen LogP contribution in [0.3, 0.4) is 0 Å². The van der Waals surface area contributed by atoms with Crippen molar-refractivity contribution < 1.29 is 14.3 Å². The highest BCUT2D eigenvalue weighted by molar-refractivity contribution is 9.10. The lowest BCUT2D eigenvalue weighted by molar-refractivity contribution is 0.0958. The molecule has 0 fully saturated rings. The third-order valence-corrected chi connectivity index (χ3v) is 4.54. The summed E-state index contributed by atoms with van der Waals surface area (Å²) in [5.74, 6) is 0.716. The van der Waals surface area contributed by atoms with Crippen LogP contribution in [0.1, 0.15) is 10.5 Å². The number of aromatic nitrogens is 1. The summed E-state index contributed by atoms with van der Waals surface area (Å²) in [6, 6.07) is 14.7. The Morgan fingerprint density at radius 2 is 1.76 bits per heavy atom. The Balaban J connectivity index is 1.62. The first-order valence-electron chi connectivity index (χ1n) is 8.44. The van der Waals surface area contributed by atoms with Gasteiger partial charge >= 0.3 is 6.03 Å². The maximum atomic E-state index is 12.2. The molecule has 3 amide bonds. The van der Waals surface area contributed by atoms with Crippen LogP contribution in [0.2, 0.25) is 5.02 Å². The lowest BCUT2D eigenvalue weighted by Gasteiger charge is -2.11. The predicted molar refractivity (Wildman–Crippen MR) is 116 cm³/mol. The molecule has 3 rings (SSSR count). The van der Waals surface area contributed by atoms with Crippen molar-refractivity contribution in [3.8, 4) is 11.5 Å². The van der Waals surface area contributed by atoms with Gasteiger partial charge in [-0.1, -0.05) is 27.5 Å². The molecular formula is C20H16BrClN4O3. The van der Waals surface area contributed by atoms with Crippen LogP contribution < -0.4 is 20.7 Å². The topological polar surface area (TPSA) is 92.4 Å². The van der Waals surface area contributed by atoms with E-state index in [9.17, 15) is 9.59 Å². The Hall–Kier alpha value is -3.10. The van der Waals surface area contributed by atoms with Gasteiger partial charge in [0.15, 0.2) is 0 Å². The Kier molecular flexibility index (Phi) is 6.69. The molecule has 0 radical (unpaired) electrons. The number of nitrogens with zero attached hydrogens (tertiary/aromatic N) is 1. The van der Waals surface area contributed by atoms with E-state index in [0.29, 0.717) is 27.9 Å². The molecule has 0 aliphatic carbocycles. The van der Waals surface area contributed by atoms with Gasteiger partial charge in [-0.2, -0.15) is 0 Å². The SMILES string of the molecule is CNC(=O)c1cc(Oc2ccc(NC(=O)Nc3cc(Br)ccc3Cl)cc2)ccn1. The number of pyridine rings is 1. The average Bonchev–Trinajstić information content (AvgIpc) is 2.72. The van der Waals surface area contributed by atoms with E-state index in [2.05, 4.69) is 36.9 Å². The number of benzene rings is 2. The van der Waals surface area contributed by atoms with Gasteiger partial charge < -0.3 is 20.7 Å². The van der Waals surface area contributed by atoms with Crippen LogP contribution in [0.15, 0.2) is 65.3 Å². The molecule has 0 saturated heterocycles. The van der Waals surface area contributed by atoms with E-state index in [1.807, 2.05) is 0 Å². The Labute approximate surface area is 180 Å². The van der Waals surface area contributed by atoms with Crippen molar-refractivity contribution in [1.29, 1.82) is 0 Å². The van der Waals surface area contributed by atoms with Gasteiger partial charge in [-0.25, -0.2) is 4.79 Å². The molecule has 1 aromatic heterocycles. The fraction of sp³-hybridized carbons (Fsp3) is 0.0500. The largest absolute Gasteiger partial charge is 0.457 e. The number of hydrogen-bond donors (Lipinski definition) is 3. The standard InChI is InChI=1S/C20H16BrClN4O3/c1-23-19(27)18-11-15(8-9-24-18)29-14-5-3-13(4-6-14)25-20(28)26-17-10-12(21)2-7-16(17)22/h2-11H,1H3,(H,23,27)(H2,25,26,28). The predicted octanol–water partition coefficient (Wildman–Crippen LogP) is 5.29. The molecule has 0 spiro atoms. The zero-order chi connectivity index (χ0) is 20.8. The number of carbonyl (C=O) groups excluding carboxylic acids is 2. The summed E-state index contributed by atoms with van der Waals surface area (Å²) in [5.41, 5.74) is 1.32. The molecule has 3 N–H and O–H groups in total. The average molecular weight is 476 g/mol. The number of rotatable bonds is 5. The van der Waals surface area contributed by atoms with E-state index in [1.54, 1.807) is 54.6 Å². The van der Waals surface area contributed by atoms with Gasteiger partial charge in [0.05, 0.1) is 10.7 Å². The second-order valence-electron chi connectivity index (χ2n) is 5.79. The Morgan fingerprint density at radius 3 is 2.48 bits per heavy atom.